The molecule has 1 saturated carbocycles. The second-order valence-electron chi connectivity index (χ2n) is 6.66. The highest BCUT2D eigenvalue weighted by Gasteiger charge is 2.19. The lowest BCUT2D eigenvalue weighted by atomic mass is 9.79. The molecule has 0 aliphatic heterocycles. The van der Waals surface area contributed by atoms with Crippen molar-refractivity contribution in [3.05, 3.63) is 30.1 Å². The van der Waals surface area contributed by atoms with Crippen molar-refractivity contribution in [2.45, 2.75) is 77.6 Å². The maximum absolute atomic E-state index is 4.14. The summed E-state index contributed by atoms with van der Waals surface area (Å²) in [6, 6.07) is 4.40. The first kappa shape index (κ1) is 15.5. The molecule has 1 unspecified atom stereocenters. The van der Waals surface area contributed by atoms with E-state index in [1.54, 1.807) is 0 Å². The molecule has 1 aliphatic rings. The van der Waals surface area contributed by atoms with Gasteiger partial charge in [-0.2, -0.15) is 0 Å². The fraction of sp³-hybridized carbons (Fsp3) is 0.737. The molecule has 1 fully saturated rings. The smallest absolute Gasteiger partial charge is 0.0270 e. The van der Waals surface area contributed by atoms with Gasteiger partial charge in [-0.3, -0.25) is 4.98 Å². The molecular formula is C19H31N. The molecule has 1 atom stereocenters. The minimum absolute atomic E-state index is 0.895. The van der Waals surface area contributed by atoms with Crippen LogP contribution >= 0.6 is 0 Å². The average Bonchev–Trinajstić information content (AvgIpc) is 2.49. The van der Waals surface area contributed by atoms with Crippen LogP contribution in [0.15, 0.2) is 24.5 Å². The van der Waals surface area contributed by atoms with Crippen molar-refractivity contribution in [1.82, 2.24) is 4.98 Å². The second-order valence-corrected chi connectivity index (χ2v) is 6.66. The Balaban J connectivity index is 1.85. The van der Waals surface area contributed by atoms with Crippen molar-refractivity contribution in [1.29, 1.82) is 0 Å². The minimum atomic E-state index is 0.895. The van der Waals surface area contributed by atoms with Gasteiger partial charge in [-0.05, 0) is 42.4 Å². The van der Waals surface area contributed by atoms with Crippen LogP contribution in [-0.2, 0) is 6.42 Å². The van der Waals surface area contributed by atoms with Gasteiger partial charge in [0.2, 0.25) is 0 Å². The van der Waals surface area contributed by atoms with Crippen LogP contribution in [-0.4, -0.2) is 4.98 Å². The average molecular weight is 273 g/mol. The third kappa shape index (κ3) is 5.64. The van der Waals surface area contributed by atoms with Gasteiger partial charge in [0.05, 0.1) is 0 Å². The first-order chi connectivity index (χ1) is 9.88. The number of pyridine rings is 1. The van der Waals surface area contributed by atoms with Gasteiger partial charge in [0.1, 0.15) is 0 Å². The van der Waals surface area contributed by atoms with Crippen molar-refractivity contribution in [2.75, 3.05) is 0 Å². The van der Waals surface area contributed by atoms with E-state index in [9.17, 15) is 0 Å². The Morgan fingerprint density at radius 1 is 1.10 bits per heavy atom. The molecule has 2 rings (SSSR count). The number of rotatable bonds is 8. The van der Waals surface area contributed by atoms with Crippen LogP contribution in [0.25, 0.3) is 0 Å². The third-order valence-electron chi connectivity index (χ3n) is 4.88. The van der Waals surface area contributed by atoms with Gasteiger partial charge in [0.25, 0.3) is 0 Å². The lowest BCUT2D eigenvalue weighted by molar-refractivity contribution is 0.274. The van der Waals surface area contributed by atoms with Crippen LogP contribution in [0.1, 0.15) is 76.7 Å². The Kier molecular flexibility index (Phi) is 7.11. The van der Waals surface area contributed by atoms with E-state index in [0.29, 0.717) is 0 Å². The van der Waals surface area contributed by atoms with Gasteiger partial charge in [0.15, 0.2) is 0 Å². The zero-order valence-electron chi connectivity index (χ0n) is 13.2. The van der Waals surface area contributed by atoms with Gasteiger partial charge in [-0.25, -0.2) is 0 Å². The van der Waals surface area contributed by atoms with E-state index in [4.69, 9.17) is 0 Å². The number of hydrogen-bond donors (Lipinski definition) is 0. The molecular weight excluding hydrogens is 242 g/mol. The molecule has 0 N–H and O–H groups in total. The summed E-state index contributed by atoms with van der Waals surface area (Å²) >= 11 is 0. The fourth-order valence-corrected chi connectivity index (χ4v) is 3.73. The van der Waals surface area contributed by atoms with Crippen molar-refractivity contribution < 1.29 is 0 Å². The SMILES string of the molecule is CCCCCC(Cc1ccncc1)CC1CCCCC1. The highest BCUT2D eigenvalue weighted by Crippen LogP contribution is 2.32. The molecule has 1 aromatic rings. The van der Waals surface area contributed by atoms with Crippen molar-refractivity contribution in [2.24, 2.45) is 11.8 Å². The summed E-state index contributed by atoms with van der Waals surface area (Å²) in [5, 5.41) is 0. The molecule has 0 bridgehead atoms. The molecule has 1 heteroatoms. The Morgan fingerprint density at radius 2 is 1.85 bits per heavy atom. The Morgan fingerprint density at radius 3 is 2.55 bits per heavy atom. The van der Waals surface area contributed by atoms with Crippen LogP contribution in [0.2, 0.25) is 0 Å². The van der Waals surface area contributed by atoms with Gasteiger partial charge in [-0.15, -0.1) is 0 Å². The molecule has 1 heterocycles. The van der Waals surface area contributed by atoms with Crippen LogP contribution in [0.3, 0.4) is 0 Å². The summed E-state index contributed by atoms with van der Waals surface area (Å²) in [6.07, 6.45) is 19.6. The summed E-state index contributed by atoms with van der Waals surface area (Å²) in [5.74, 6) is 1.91. The van der Waals surface area contributed by atoms with E-state index in [1.807, 2.05) is 12.4 Å². The lowest BCUT2D eigenvalue weighted by Crippen LogP contribution is -2.14. The maximum atomic E-state index is 4.14. The number of aromatic nitrogens is 1. The number of unbranched alkanes of at least 4 members (excludes halogenated alkanes) is 2. The predicted molar refractivity (Wildman–Crippen MR) is 86.8 cm³/mol. The van der Waals surface area contributed by atoms with E-state index >= 15 is 0 Å². The zero-order chi connectivity index (χ0) is 14.0. The van der Waals surface area contributed by atoms with Gasteiger partial charge < -0.3 is 0 Å². The Bertz CT molecular complexity index is 340. The zero-order valence-corrected chi connectivity index (χ0v) is 13.2. The van der Waals surface area contributed by atoms with Crippen molar-refractivity contribution in [3.8, 4) is 0 Å². The first-order valence-corrected chi connectivity index (χ1v) is 8.77. The molecule has 1 nitrogen and oxygen atoms in total. The van der Waals surface area contributed by atoms with Crippen LogP contribution in [0.4, 0.5) is 0 Å². The quantitative estimate of drug-likeness (QED) is 0.546. The maximum Gasteiger partial charge on any atom is 0.0270 e. The van der Waals surface area contributed by atoms with E-state index in [-0.39, 0.29) is 0 Å². The van der Waals surface area contributed by atoms with Crippen LogP contribution in [0, 0.1) is 11.8 Å². The predicted octanol–water partition coefficient (Wildman–Crippen LogP) is 5.79. The third-order valence-corrected chi connectivity index (χ3v) is 4.88. The summed E-state index contributed by atoms with van der Waals surface area (Å²) in [6.45, 7) is 2.30. The fourth-order valence-electron chi connectivity index (χ4n) is 3.73. The number of nitrogens with zero attached hydrogens (tertiary/aromatic N) is 1. The Hall–Kier alpha value is -0.850. The monoisotopic (exact) mass is 273 g/mol. The van der Waals surface area contributed by atoms with Crippen molar-refractivity contribution in [3.63, 3.8) is 0 Å². The molecule has 0 spiro atoms. The summed E-state index contributed by atoms with van der Waals surface area (Å²) in [5.41, 5.74) is 1.48. The van der Waals surface area contributed by atoms with E-state index < -0.39 is 0 Å². The van der Waals surface area contributed by atoms with Gasteiger partial charge >= 0.3 is 0 Å². The number of hydrogen-bond acceptors (Lipinski definition) is 1. The van der Waals surface area contributed by atoms with E-state index in [2.05, 4.69) is 24.0 Å². The van der Waals surface area contributed by atoms with Crippen LogP contribution in [0.5, 0.6) is 0 Å². The topological polar surface area (TPSA) is 12.9 Å². The van der Waals surface area contributed by atoms with Crippen molar-refractivity contribution >= 4 is 0 Å². The van der Waals surface area contributed by atoms with E-state index in [0.717, 1.165) is 11.8 Å². The summed E-state index contributed by atoms with van der Waals surface area (Å²) in [4.78, 5) is 4.14. The first-order valence-electron chi connectivity index (χ1n) is 8.77. The lowest BCUT2D eigenvalue weighted by Gasteiger charge is -2.26. The second kappa shape index (κ2) is 9.15. The molecule has 20 heavy (non-hydrogen) atoms. The highest BCUT2D eigenvalue weighted by atomic mass is 14.6. The molecule has 0 amide bonds. The highest BCUT2D eigenvalue weighted by molar-refractivity contribution is 5.10. The van der Waals surface area contributed by atoms with Gasteiger partial charge in [0, 0.05) is 12.4 Å². The van der Waals surface area contributed by atoms with Gasteiger partial charge in [-0.1, -0.05) is 64.7 Å². The Labute approximate surface area is 125 Å². The molecule has 0 aromatic carbocycles. The molecule has 1 aliphatic carbocycles. The molecule has 0 radical (unpaired) electrons. The minimum Gasteiger partial charge on any atom is -0.265 e. The van der Waals surface area contributed by atoms with E-state index in [1.165, 1.54) is 76.2 Å². The van der Waals surface area contributed by atoms with Crippen LogP contribution < -0.4 is 0 Å². The largest absolute Gasteiger partial charge is 0.265 e. The summed E-state index contributed by atoms with van der Waals surface area (Å²) < 4.78 is 0. The normalized spacial score (nSPS) is 18.1. The molecule has 112 valence electrons. The standard InChI is InChI=1S/C19H31N/c1-2-3-5-10-19(15-17-8-6-4-7-9-17)16-18-11-13-20-14-12-18/h11-14,17,19H,2-10,15-16H2,1H3. The molecule has 1 aromatic heterocycles. The summed E-state index contributed by atoms with van der Waals surface area (Å²) in [7, 11) is 0. The molecule has 0 saturated heterocycles.